The Morgan fingerprint density at radius 3 is 2.64 bits per heavy atom. The number of fused-ring (bicyclic) bond motifs is 3. The molecule has 0 fully saturated rings. The van der Waals surface area contributed by atoms with Crippen molar-refractivity contribution in [2.45, 2.75) is 52.2 Å². The zero-order valence-corrected chi connectivity index (χ0v) is 15.1. The summed E-state index contributed by atoms with van der Waals surface area (Å²) >= 11 is 0. The lowest BCUT2D eigenvalue weighted by Gasteiger charge is -2.35. The molecule has 1 aromatic rings. The molecule has 1 aliphatic heterocycles. The fraction of sp³-hybridized carbons (Fsp3) is 0.526. The minimum Gasteiger partial charge on any atom is -0.461 e. The van der Waals surface area contributed by atoms with Gasteiger partial charge in [0.1, 0.15) is 11.3 Å². The molecular weight excluding hydrogens is 320 g/mol. The molecule has 25 heavy (non-hydrogen) atoms. The number of benzene rings is 1. The van der Waals surface area contributed by atoms with Gasteiger partial charge in [-0.25, -0.2) is 9.59 Å². The lowest BCUT2D eigenvalue weighted by atomic mass is 9.92. The van der Waals surface area contributed by atoms with Crippen molar-refractivity contribution in [2.24, 2.45) is 11.0 Å². The summed E-state index contributed by atoms with van der Waals surface area (Å²) in [6, 6.07) is 7.82. The van der Waals surface area contributed by atoms with Crippen LogP contribution in [0.4, 0.5) is 4.79 Å². The normalized spacial score (nSPS) is 21.9. The fourth-order valence-corrected chi connectivity index (χ4v) is 3.45. The first kappa shape index (κ1) is 17.5. The molecule has 1 heterocycles. The molecule has 2 atom stereocenters. The van der Waals surface area contributed by atoms with Crippen LogP contribution in [0.1, 0.15) is 51.3 Å². The molecule has 1 aliphatic carbocycles. The Morgan fingerprint density at radius 2 is 1.96 bits per heavy atom. The SMILES string of the molecule is CCOC(=O)C1=NN(C(=O)OC(C)(C)C)[C@@H]2c3ccccc3C[C@@H]2C1. The third-order valence-electron chi connectivity index (χ3n) is 4.34. The number of carbonyl (C=O) groups is 2. The maximum absolute atomic E-state index is 12.7. The molecule has 1 aromatic carbocycles. The lowest BCUT2D eigenvalue weighted by Crippen LogP contribution is -2.43. The largest absolute Gasteiger partial charge is 0.461 e. The van der Waals surface area contributed by atoms with Gasteiger partial charge in [0.25, 0.3) is 0 Å². The Morgan fingerprint density at radius 1 is 1.24 bits per heavy atom. The second-order valence-corrected chi connectivity index (χ2v) is 7.40. The van der Waals surface area contributed by atoms with Crippen LogP contribution in [0.15, 0.2) is 29.4 Å². The first-order valence-electron chi connectivity index (χ1n) is 8.64. The van der Waals surface area contributed by atoms with Crippen LogP contribution in [-0.2, 0) is 20.7 Å². The summed E-state index contributed by atoms with van der Waals surface area (Å²) in [6.07, 6.45) is 0.761. The summed E-state index contributed by atoms with van der Waals surface area (Å²) in [4.78, 5) is 24.9. The molecule has 1 amide bonds. The van der Waals surface area contributed by atoms with E-state index in [0.29, 0.717) is 6.42 Å². The number of carbonyl (C=O) groups excluding carboxylic acids is 2. The van der Waals surface area contributed by atoms with Crippen LogP contribution in [0.2, 0.25) is 0 Å². The summed E-state index contributed by atoms with van der Waals surface area (Å²) in [6.45, 7) is 7.46. The standard InChI is InChI=1S/C19H24N2O4/c1-5-24-17(22)15-11-13-10-12-8-6-7-9-14(12)16(13)21(20-15)18(23)25-19(2,3)4/h6-9,13,16H,5,10-11H2,1-4H3/t13-,16+/m1/s1. The Labute approximate surface area is 147 Å². The number of rotatable bonds is 2. The third-order valence-corrected chi connectivity index (χ3v) is 4.34. The highest BCUT2D eigenvalue weighted by molar-refractivity contribution is 6.36. The van der Waals surface area contributed by atoms with E-state index < -0.39 is 17.7 Å². The molecule has 0 spiro atoms. The fourth-order valence-electron chi connectivity index (χ4n) is 3.45. The van der Waals surface area contributed by atoms with Crippen molar-refractivity contribution in [3.63, 3.8) is 0 Å². The maximum atomic E-state index is 12.7. The number of amides is 1. The van der Waals surface area contributed by atoms with E-state index >= 15 is 0 Å². The van der Waals surface area contributed by atoms with E-state index in [9.17, 15) is 9.59 Å². The number of hydrogen-bond donors (Lipinski definition) is 0. The Bertz CT molecular complexity index is 720. The smallest absolute Gasteiger partial charge is 0.431 e. The van der Waals surface area contributed by atoms with Crippen molar-refractivity contribution in [1.82, 2.24) is 5.01 Å². The van der Waals surface area contributed by atoms with Crippen molar-refractivity contribution in [3.8, 4) is 0 Å². The topological polar surface area (TPSA) is 68.2 Å². The molecule has 0 unspecified atom stereocenters. The van der Waals surface area contributed by atoms with E-state index in [-0.39, 0.29) is 24.3 Å². The van der Waals surface area contributed by atoms with Crippen molar-refractivity contribution < 1.29 is 19.1 Å². The molecule has 0 saturated carbocycles. The molecule has 0 bridgehead atoms. The summed E-state index contributed by atoms with van der Waals surface area (Å²) < 4.78 is 10.6. The van der Waals surface area contributed by atoms with E-state index in [1.165, 1.54) is 10.6 Å². The van der Waals surface area contributed by atoms with Crippen LogP contribution in [0.3, 0.4) is 0 Å². The van der Waals surface area contributed by atoms with E-state index in [1.54, 1.807) is 6.92 Å². The van der Waals surface area contributed by atoms with Gasteiger partial charge in [-0.15, -0.1) is 0 Å². The summed E-state index contributed by atoms with van der Waals surface area (Å²) in [7, 11) is 0. The van der Waals surface area contributed by atoms with Gasteiger partial charge in [0.2, 0.25) is 0 Å². The molecule has 2 aliphatic rings. The van der Waals surface area contributed by atoms with Crippen molar-refractivity contribution in [3.05, 3.63) is 35.4 Å². The van der Waals surface area contributed by atoms with E-state index in [4.69, 9.17) is 9.47 Å². The van der Waals surface area contributed by atoms with Crippen LogP contribution in [0, 0.1) is 5.92 Å². The van der Waals surface area contributed by atoms with Crippen LogP contribution < -0.4 is 0 Å². The number of hydrogen-bond acceptors (Lipinski definition) is 5. The monoisotopic (exact) mass is 344 g/mol. The highest BCUT2D eigenvalue weighted by atomic mass is 16.6. The van der Waals surface area contributed by atoms with E-state index in [1.807, 2.05) is 39.0 Å². The average Bonchev–Trinajstić information content (AvgIpc) is 2.91. The molecular formula is C19H24N2O4. The van der Waals surface area contributed by atoms with Crippen LogP contribution in [-0.4, -0.2) is 35.0 Å². The minimum atomic E-state index is -0.637. The maximum Gasteiger partial charge on any atom is 0.431 e. The van der Waals surface area contributed by atoms with Crippen molar-refractivity contribution >= 4 is 17.8 Å². The van der Waals surface area contributed by atoms with Gasteiger partial charge >= 0.3 is 12.1 Å². The Kier molecular flexibility index (Phi) is 4.54. The van der Waals surface area contributed by atoms with Gasteiger partial charge in [0, 0.05) is 6.42 Å². The van der Waals surface area contributed by atoms with Crippen LogP contribution >= 0.6 is 0 Å². The predicted molar refractivity (Wildman–Crippen MR) is 93.1 cm³/mol. The van der Waals surface area contributed by atoms with Gasteiger partial charge < -0.3 is 9.47 Å². The average molecular weight is 344 g/mol. The Hall–Kier alpha value is -2.37. The summed E-state index contributed by atoms with van der Waals surface area (Å²) in [5.41, 5.74) is 1.90. The highest BCUT2D eigenvalue weighted by Crippen LogP contribution is 2.45. The molecule has 134 valence electrons. The molecule has 0 N–H and O–H groups in total. The molecule has 0 saturated heterocycles. The number of nitrogens with zero attached hydrogens (tertiary/aromatic N) is 2. The number of ether oxygens (including phenoxy) is 2. The van der Waals surface area contributed by atoms with E-state index in [0.717, 1.165) is 12.0 Å². The quantitative estimate of drug-likeness (QED) is 0.771. The minimum absolute atomic E-state index is 0.0989. The summed E-state index contributed by atoms with van der Waals surface area (Å²) in [5.74, 6) is -0.368. The van der Waals surface area contributed by atoms with Crippen molar-refractivity contribution in [1.29, 1.82) is 0 Å². The molecule has 6 heteroatoms. The van der Waals surface area contributed by atoms with Gasteiger partial charge in [-0.05, 0) is 51.2 Å². The van der Waals surface area contributed by atoms with Gasteiger partial charge in [-0.3, -0.25) is 0 Å². The van der Waals surface area contributed by atoms with Crippen molar-refractivity contribution in [2.75, 3.05) is 6.61 Å². The molecule has 0 aromatic heterocycles. The van der Waals surface area contributed by atoms with Gasteiger partial charge in [0.05, 0.1) is 12.6 Å². The first-order valence-corrected chi connectivity index (χ1v) is 8.64. The van der Waals surface area contributed by atoms with E-state index in [2.05, 4.69) is 11.2 Å². The zero-order chi connectivity index (χ0) is 18.2. The zero-order valence-electron chi connectivity index (χ0n) is 15.1. The Balaban J connectivity index is 1.97. The van der Waals surface area contributed by atoms with Gasteiger partial charge in [-0.1, -0.05) is 24.3 Å². The number of hydrazone groups is 1. The lowest BCUT2D eigenvalue weighted by molar-refractivity contribution is -0.135. The second kappa shape index (κ2) is 6.50. The molecule has 3 rings (SSSR count). The summed E-state index contributed by atoms with van der Waals surface area (Å²) in [5, 5.41) is 5.66. The predicted octanol–water partition coefficient (Wildman–Crippen LogP) is 3.46. The number of esters is 1. The van der Waals surface area contributed by atoms with Gasteiger partial charge in [-0.2, -0.15) is 10.1 Å². The van der Waals surface area contributed by atoms with Crippen LogP contribution in [0.5, 0.6) is 0 Å². The second-order valence-electron chi connectivity index (χ2n) is 7.40. The van der Waals surface area contributed by atoms with Gasteiger partial charge in [0.15, 0.2) is 0 Å². The van der Waals surface area contributed by atoms with Crippen LogP contribution in [0.25, 0.3) is 0 Å². The molecule has 6 nitrogen and oxygen atoms in total. The third kappa shape index (κ3) is 3.52. The highest BCUT2D eigenvalue weighted by Gasteiger charge is 2.45. The molecule has 0 radical (unpaired) electrons. The first-order chi connectivity index (χ1) is 11.8.